The Morgan fingerprint density at radius 3 is 3.00 bits per heavy atom. The van der Waals surface area contributed by atoms with Gasteiger partial charge < -0.3 is 10.7 Å². The van der Waals surface area contributed by atoms with E-state index in [0.717, 1.165) is 0 Å². The first kappa shape index (κ1) is 8.11. The van der Waals surface area contributed by atoms with E-state index < -0.39 is 0 Å². The average molecular weight is 197 g/mol. The monoisotopic (exact) mass is 197 g/mol. The number of hydrogen-bond acceptors (Lipinski definition) is 5. The lowest BCUT2D eigenvalue weighted by Crippen LogP contribution is -2.09. The zero-order chi connectivity index (χ0) is 9.42. The molecule has 0 atom stereocenters. The van der Waals surface area contributed by atoms with Gasteiger partial charge in [-0.1, -0.05) is 11.8 Å². The Bertz CT molecular complexity index is 501. The Hall–Kier alpha value is -1.50. The van der Waals surface area contributed by atoms with Gasteiger partial charge in [0.1, 0.15) is 11.2 Å². The maximum absolute atomic E-state index is 11.4. The maximum Gasteiger partial charge on any atom is 0.264 e. The molecule has 0 saturated heterocycles. The van der Waals surface area contributed by atoms with Crippen LogP contribution in [0.15, 0.2) is 9.95 Å². The van der Waals surface area contributed by atoms with Crippen LogP contribution in [0.4, 0.5) is 5.82 Å². The highest BCUT2D eigenvalue weighted by molar-refractivity contribution is 7.98. The van der Waals surface area contributed by atoms with Crippen molar-refractivity contribution in [2.24, 2.45) is 0 Å². The van der Waals surface area contributed by atoms with Crippen LogP contribution in [0, 0.1) is 0 Å². The molecule has 0 fully saturated rings. The summed E-state index contributed by atoms with van der Waals surface area (Å²) in [5, 5.41) is 7.15. The SMILES string of the molecule is CSc1nc2n[nH]c(N)c2c(=O)[nH]1. The fraction of sp³-hybridized carbons (Fsp3) is 0.167. The molecule has 2 aromatic rings. The second kappa shape index (κ2) is 2.77. The lowest BCUT2D eigenvalue weighted by atomic mass is 10.4. The van der Waals surface area contributed by atoms with Crippen molar-refractivity contribution in [3.05, 3.63) is 10.4 Å². The number of aromatic nitrogens is 4. The molecule has 0 spiro atoms. The van der Waals surface area contributed by atoms with Crippen molar-refractivity contribution in [3.63, 3.8) is 0 Å². The van der Waals surface area contributed by atoms with Gasteiger partial charge in [-0.3, -0.25) is 9.89 Å². The molecule has 13 heavy (non-hydrogen) atoms. The van der Waals surface area contributed by atoms with E-state index in [4.69, 9.17) is 5.73 Å². The maximum atomic E-state index is 11.4. The summed E-state index contributed by atoms with van der Waals surface area (Å²) < 4.78 is 0. The minimum Gasteiger partial charge on any atom is -0.383 e. The van der Waals surface area contributed by atoms with Gasteiger partial charge in [-0.05, 0) is 6.26 Å². The molecule has 0 aliphatic heterocycles. The highest BCUT2D eigenvalue weighted by Crippen LogP contribution is 2.13. The van der Waals surface area contributed by atoms with Crippen molar-refractivity contribution in [1.82, 2.24) is 20.2 Å². The molecule has 4 N–H and O–H groups in total. The molecule has 0 aliphatic rings. The molecule has 0 radical (unpaired) electrons. The van der Waals surface area contributed by atoms with Gasteiger partial charge in [0.2, 0.25) is 0 Å². The van der Waals surface area contributed by atoms with E-state index in [1.165, 1.54) is 11.8 Å². The summed E-state index contributed by atoms with van der Waals surface area (Å²) in [7, 11) is 0. The summed E-state index contributed by atoms with van der Waals surface area (Å²) in [6, 6.07) is 0. The van der Waals surface area contributed by atoms with Crippen LogP contribution in [0.3, 0.4) is 0 Å². The fourth-order valence-corrected chi connectivity index (χ4v) is 1.40. The molecule has 2 heterocycles. The van der Waals surface area contributed by atoms with Gasteiger partial charge in [-0.2, -0.15) is 5.10 Å². The van der Waals surface area contributed by atoms with Crippen LogP contribution in [0.5, 0.6) is 0 Å². The van der Waals surface area contributed by atoms with Crippen LogP contribution in [0.1, 0.15) is 0 Å². The van der Waals surface area contributed by atoms with Gasteiger partial charge in [0.15, 0.2) is 10.8 Å². The Morgan fingerprint density at radius 2 is 2.31 bits per heavy atom. The fourth-order valence-electron chi connectivity index (χ4n) is 1.03. The largest absolute Gasteiger partial charge is 0.383 e. The summed E-state index contributed by atoms with van der Waals surface area (Å²) in [4.78, 5) is 18.0. The van der Waals surface area contributed by atoms with Crippen LogP contribution < -0.4 is 11.3 Å². The first-order valence-corrected chi connectivity index (χ1v) is 4.72. The Balaban J connectivity index is 2.87. The number of nitrogen functional groups attached to an aromatic ring is 1. The molecular formula is C6H7N5OS. The summed E-state index contributed by atoms with van der Waals surface area (Å²) in [5.74, 6) is 0.247. The van der Waals surface area contributed by atoms with E-state index in [1.54, 1.807) is 0 Å². The Morgan fingerprint density at radius 1 is 1.54 bits per heavy atom. The van der Waals surface area contributed by atoms with Crippen LogP contribution in [-0.4, -0.2) is 26.4 Å². The number of rotatable bonds is 1. The van der Waals surface area contributed by atoms with E-state index in [9.17, 15) is 4.79 Å². The highest BCUT2D eigenvalue weighted by atomic mass is 32.2. The van der Waals surface area contributed by atoms with Crippen LogP contribution in [-0.2, 0) is 0 Å². The second-order valence-electron chi connectivity index (χ2n) is 2.41. The molecule has 6 nitrogen and oxygen atoms in total. The van der Waals surface area contributed by atoms with E-state index in [2.05, 4.69) is 20.2 Å². The van der Waals surface area contributed by atoms with Crippen molar-refractivity contribution in [2.45, 2.75) is 5.16 Å². The van der Waals surface area contributed by atoms with Crippen LogP contribution in [0.25, 0.3) is 11.0 Å². The topological polar surface area (TPSA) is 100 Å². The summed E-state index contributed by atoms with van der Waals surface area (Å²) in [6.45, 7) is 0. The van der Waals surface area contributed by atoms with E-state index in [-0.39, 0.29) is 11.4 Å². The third-order valence-electron chi connectivity index (χ3n) is 1.62. The Kier molecular flexibility index (Phi) is 1.73. The van der Waals surface area contributed by atoms with Crippen LogP contribution >= 0.6 is 11.8 Å². The van der Waals surface area contributed by atoms with Gasteiger partial charge in [0.25, 0.3) is 5.56 Å². The van der Waals surface area contributed by atoms with Crippen molar-refractivity contribution in [3.8, 4) is 0 Å². The quantitative estimate of drug-likeness (QED) is 0.439. The first-order valence-electron chi connectivity index (χ1n) is 3.50. The number of hydrogen-bond donors (Lipinski definition) is 3. The number of thioether (sulfide) groups is 1. The molecule has 0 aliphatic carbocycles. The standard InChI is InChI=1S/C6H7N5OS/c1-13-6-8-4-2(5(12)9-6)3(7)10-11-4/h1H3,(H4,7,8,9,10,11,12). The van der Waals surface area contributed by atoms with Gasteiger partial charge in [-0.15, -0.1) is 0 Å². The molecule has 0 amide bonds. The van der Waals surface area contributed by atoms with Crippen molar-refractivity contribution in [1.29, 1.82) is 0 Å². The molecule has 0 aromatic carbocycles. The molecule has 7 heteroatoms. The second-order valence-corrected chi connectivity index (χ2v) is 3.21. The van der Waals surface area contributed by atoms with E-state index >= 15 is 0 Å². The molecule has 0 bridgehead atoms. The molecule has 2 rings (SSSR count). The lowest BCUT2D eigenvalue weighted by Gasteiger charge is -1.93. The molecule has 0 unspecified atom stereocenters. The van der Waals surface area contributed by atoms with Gasteiger partial charge in [0.05, 0.1) is 0 Å². The lowest BCUT2D eigenvalue weighted by molar-refractivity contribution is 0.962. The van der Waals surface area contributed by atoms with Crippen molar-refractivity contribution in [2.75, 3.05) is 12.0 Å². The predicted molar refractivity (Wildman–Crippen MR) is 50.7 cm³/mol. The first-order chi connectivity index (χ1) is 6.22. The third-order valence-corrected chi connectivity index (χ3v) is 2.20. The van der Waals surface area contributed by atoms with Crippen LogP contribution in [0.2, 0.25) is 0 Å². The minimum atomic E-state index is -0.263. The smallest absolute Gasteiger partial charge is 0.264 e. The van der Waals surface area contributed by atoms with E-state index in [0.29, 0.717) is 16.2 Å². The normalized spacial score (nSPS) is 10.8. The van der Waals surface area contributed by atoms with Crippen molar-refractivity contribution >= 4 is 28.6 Å². The minimum absolute atomic E-state index is 0.247. The number of nitrogens with two attached hydrogens (primary N) is 1. The summed E-state index contributed by atoms with van der Waals surface area (Å²) in [5.41, 5.74) is 5.57. The number of anilines is 1. The third kappa shape index (κ3) is 1.17. The summed E-state index contributed by atoms with van der Waals surface area (Å²) in [6.07, 6.45) is 1.82. The number of nitrogens with one attached hydrogen (secondary N) is 2. The average Bonchev–Trinajstić information content (AvgIpc) is 2.48. The van der Waals surface area contributed by atoms with E-state index in [1.807, 2.05) is 6.26 Å². The number of H-pyrrole nitrogens is 2. The number of fused-ring (bicyclic) bond motifs is 1. The van der Waals surface area contributed by atoms with Gasteiger partial charge in [-0.25, -0.2) is 4.98 Å². The zero-order valence-corrected chi connectivity index (χ0v) is 7.60. The number of aromatic amines is 2. The van der Waals surface area contributed by atoms with Gasteiger partial charge in [0, 0.05) is 0 Å². The molecular weight excluding hydrogens is 190 g/mol. The molecule has 2 aromatic heterocycles. The number of nitrogens with zero attached hydrogens (tertiary/aromatic N) is 2. The van der Waals surface area contributed by atoms with Crippen molar-refractivity contribution < 1.29 is 0 Å². The zero-order valence-electron chi connectivity index (χ0n) is 6.79. The van der Waals surface area contributed by atoms with Gasteiger partial charge >= 0.3 is 0 Å². The highest BCUT2D eigenvalue weighted by Gasteiger charge is 2.08. The predicted octanol–water partition coefficient (Wildman–Crippen LogP) is -0.0497. The molecule has 68 valence electrons. The Labute approximate surface area is 76.9 Å². The summed E-state index contributed by atoms with van der Waals surface area (Å²) >= 11 is 1.35. The molecule has 0 saturated carbocycles.